The number of hydrogen-bond donors (Lipinski definition) is 0. The Morgan fingerprint density at radius 3 is 2.62 bits per heavy atom. The number of ether oxygens (including phenoxy) is 2. The van der Waals surface area contributed by atoms with Gasteiger partial charge in [0.1, 0.15) is 5.01 Å². The van der Waals surface area contributed by atoms with E-state index in [2.05, 4.69) is 20.9 Å². The Labute approximate surface area is 176 Å². The Bertz CT molecular complexity index is 1080. The summed E-state index contributed by atoms with van der Waals surface area (Å²) < 4.78 is 12.5. The molecule has 0 aliphatic heterocycles. The Hall–Kier alpha value is -2.91. The second kappa shape index (κ2) is 9.06. The van der Waals surface area contributed by atoms with Gasteiger partial charge in [0.2, 0.25) is 0 Å². The normalized spacial score (nSPS) is 10.8. The van der Waals surface area contributed by atoms with E-state index in [1.807, 2.05) is 48.5 Å². The van der Waals surface area contributed by atoms with E-state index in [4.69, 9.17) is 14.5 Å². The monoisotopic (exact) mass is 425 g/mol. The number of methoxy groups -OCH3 is 2. The number of nitrogens with zero attached hydrogens (tertiary/aromatic N) is 5. The number of rotatable bonds is 8. The molecule has 4 aromatic rings. The van der Waals surface area contributed by atoms with Gasteiger partial charge in [0.25, 0.3) is 0 Å². The molecule has 0 spiro atoms. The molecule has 0 amide bonds. The first-order valence-electron chi connectivity index (χ1n) is 8.85. The number of para-hydroxylation sites is 1. The summed E-state index contributed by atoms with van der Waals surface area (Å²) >= 11 is 3.35. The predicted molar refractivity (Wildman–Crippen MR) is 115 cm³/mol. The van der Waals surface area contributed by atoms with E-state index < -0.39 is 0 Å². The number of hydrogen-bond acceptors (Lipinski definition) is 8. The highest BCUT2D eigenvalue weighted by molar-refractivity contribution is 7.97. The summed E-state index contributed by atoms with van der Waals surface area (Å²) in [5.41, 5.74) is 3.00. The van der Waals surface area contributed by atoms with Crippen LogP contribution in [0.3, 0.4) is 0 Å². The molecule has 2 heterocycles. The van der Waals surface area contributed by atoms with Crippen molar-refractivity contribution in [2.45, 2.75) is 11.5 Å². The molecule has 0 radical (unpaired) electrons. The average molecular weight is 426 g/mol. The topological polar surface area (TPSA) is 75.0 Å². The van der Waals surface area contributed by atoms with Gasteiger partial charge < -0.3 is 9.47 Å². The van der Waals surface area contributed by atoms with E-state index in [9.17, 15) is 0 Å². The summed E-state index contributed by atoms with van der Waals surface area (Å²) in [6, 6.07) is 15.7. The van der Waals surface area contributed by atoms with Gasteiger partial charge in [-0.3, -0.25) is 0 Å². The van der Waals surface area contributed by atoms with Crippen molar-refractivity contribution in [2.75, 3.05) is 14.2 Å². The van der Waals surface area contributed by atoms with Gasteiger partial charge in [-0.1, -0.05) is 18.2 Å². The highest BCUT2D eigenvalue weighted by atomic mass is 32.2. The van der Waals surface area contributed by atoms with E-state index in [0.29, 0.717) is 17.3 Å². The van der Waals surface area contributed by atoms with Crippen LogP contribution in [0.2, 0.25) is 0 Å². The number of benzene rings is 2. The minimum atomic E-state index is 0.698. The maximum absolute atomic E-state index is 5.39. The maximum Gasteiger partial charge on any atom is 0.166 e. The fraction of sp³-hybridized carbons (Fsp3) is 0.200. The molecule has 7 nitrogen and oxygen atoms in total. The molecule has 0 saturated heterocycles. The zero-order valence-corrected chi connectivity index (χ0v) is 17.6. The maximum atomic E-state index is 5.39. The lowest BCUT2D eigenvalue weighted by Crippen LogP contribution is -2.02. The molecule has 4 rings (SSSR count). The van der Waals surface area contributed by atoms with Gasteiger partial charge >= 0.3 is 0 Å². The Morgan fingerprint density at radius 1 is 1.00 bits per heavy atom. The third-order valence-electron chi connectivity index (χ3n) is 4.20. The fourth-order valence-corrected chi connectivity index (χ4v) is 4.53. The molecule has 0 bridgehead atoms. The van der Waals surface area contributed by atoms with Crippen LogP contribution < -0.4 is 9.47 Å². The second-order valence-corrected chi connectivity index (χ2v) is 7.89. The Balaban J connectivity index is 1.41. The third kappa shape index (κ3) is 4.41. The Morgan fingerprint density at radius 2 is 1.83 bits per heavy atom. The smallest absolute Gasteiger partial charge is 0.166 e. The van der Waals surface area contributed by atoms with E-state index in [1.165, 1.54) is 0 Å². The molecule has 0 N–H and O–H groups in total. The van der Waals surface area contributed by atoms with Gasteiger partial charge in [-0.05, 0) is 40.8 Å². The van der Waals surface area contributed by atoms with Gasteiger partial charge in [0.05, 0.1) is 31.4 Å². The summed E-state index contributed by atoms with van der Waals surface area (Å²) in [6.45, 7) is 0. The van der Waals surface area contributed by atoms with Crippen molar-refractivity contribution >= 4 is 23.1 Å². The van der Waals surface area contributed by atoms with Crippen molar-refractivity contribution < 1.29 is 9.47 Å². The molecule has 2 aromatic carbocycles. The molecule has 0 fully saturated rings. The minimum absolute atomic E-state index is 0.698. The summed E-state index contributed by atoms with van der Waals surface area (Å²) in [7, 11) is 3.26. The Kier molecular flexibility index (Phi) is 6.06. The standard InChI is InChI=1S/C20H19N5O2S2/c1-26-17-9-8-14(10-18(17)27-2)20-21-15(12-29-20)11-28-13-19-22-23-24-25(19)16-6-4-3-5-7-16/h3-10,12H,11,13H2,1-2H3. The van der Waals surface area contributed by atoms with E-state index in [-0.39, 0.29) is 0 Å². The fourth-order valence-electron chi connectivity index (χ4n) is 2.79. The summed E-state index contributed by atoms with van der Waals surface area (Å²) in [4.78, 5) is 4.75. The molecule has 29 heavy (non-hydrogen) atoms. The first-order valence-corrected chi connectivity index (χ1v) is 10.9. The molecule has 0 aliphatic rings. The number of thiazole rings is 1. The number of tetrazole rings is 1. The van der Waals surface area contributed by atoms with Crippen LogP contribution >= 0.6 is 23.1 Å². The van der Waals surface area contributed by atoms with Crippen LogP contribution in [0.1, 0.15) is 11.5 Å². The van der Waals surface area contributed by atoms with Gasteiger partial charge in [-0.15, -0.1) is 28.2 Å². The zero-order chi connectivity index (χ0) is 20.1. The van der Waals surface area contributed by atoms with Gasteiger partial charge in [0, 0.05) is 16.7 Å². The van der Waals surface area contributed by atoms with Crippen molar-refractivity contribution in [1.29, 1.82) is 0 Å². The van der Waals surface area contributed by atoms with Gasteiger partial charge in [-0.25, -0.2) is 4.98 Å². The summed E-state index contributed by atoms with van der Waals surface area (Å²) in [5, 5.41) is 15.1. The minimum Gasteiger partial charge on any atom is -0.493 e. The third-order valence-corrected chi connectivity index (χ3v) is 6.10. The largest absolute Gasteiger partial charge is 0.493 e. The van der Waals surface area contributed by atoms with Crippen LogP contribution in [0, 0.1) is 0 Å². The van der Waals surface area contributed by atoms with Crippen molar-refractivity contribution in [3.05, 3.63) is 65.4 Å². The van der Waals surface area contributed by atoms with Crippen LogP contribution in [-0.2, 0) is 11.5 Å². The molecule has 0 aliphatic carbocycles. The van der Waals surface area contributed by atoms with Crippen LogP contribution in [0.5, 0.6) is 11.5 Å². The van der Waals surface area contributed by atoms with E-state index in [1.54, 1.807) is 42.0 Å². The molecule has 2 aromatic heterocycles. The predicted octanol–water partition coefficient (Wildman–Crippen LogP) is 4.24. The van der Waals surface area contributed by atoms with Crippen molar-refractivity contribution in [2.24, 2.45) is 0 Å². The van der Waals surface area contributed by atoms with Crippen LogP contribution in [0.15, 0.2) is 53.9 Å². The number of aromatic nitrogens is 5. The lowest BCUT2D eigenvalue weighted by molar-refractivity contribution is 0.355. The molecule has 0 saturated carbocycles. The first kappa shape index (κ1) is 19.4. The van der Waals surface area contributed by atoms with E-state index in [0.717, 1.165) is 33.5 Å². The second-order valence-electron chi connectivity index (χ2n) is 6.05. The molecule has 0 atom stereocenters. The molecule has 0 unspecified atom stereocenters. The van der Waals surface area contributed by atoms with Gasteiger partial charge in [-0.2, -0.15) is 4.68 Å². The average Bonchev–Trinajstić information content (AvgIpc) is 3.44. The zero-order valence-electron chi connectivity index (χ0n) is 16.0. The van der Waals surface area contributed by atoms with Crippen LogP contribution in [-0.4, -0.2) is 39.4 Å². The lowest BCUT2D eigenvalue weighted by atomic mass is 10.2. The molecular weight excluding hydrogens is 406 g/mol. The van der Waals surface area contributed by atoms with E-state index >= 15 is 0 Å². The van der Waals surface area contributed by atoms with Crippen LogP contribution in [0.4, 0.5) is 0 Å². The first-order chi connectivity index (χ1) is 14.3. The van der Waals surface area contributed by atoms with Crippen molar-refractivity contribution in [3.8, 4) is 27.8 Å². The SMILES string of the molecule is COc1ccc(-c2nc(CSCc3nnnn3-c3ccccc3)cs2)cc1OC. The molecule has 9 heteroatoms. The highest BCUT2D eigenvalue weighted by Crippen LogP contribution is 2.34. The lowest BCUT2D eigenvalue weighted by Gasteiger charge is -2.08. The molecular formula is C20H19N5O2S2. The summed E-state index contributed by atoms with van der Waals surface area (Å²) in [6.07, 6.45) is 0. The van der Waals surface area contributed by atoms with Crippen molar-refractivity contribution in [1.82, 2.24) is 25.2 Å². The van der Waals surface area contributed by atoms with Crippen LogP contribution in [0.25, 0.3) is 16.3 Å². The highest BCUT2D eigenvalue weighted by Gasteiger charge is 2.11. The van der Waals surface area contributed by atoms with Gasteiger partial charge in [0.15, 0.2) is 17.3 Å². The number of thioether (sulfide) groups is 1. The quantitative estimate of drug-likeness (QED) is 0.418. The van der Waals surface area contributed by atoms with Crippen molar-refractivity contribution in [3.63, 3.8) is 0 Å². The molecule has 148 valence electrons. The summed E-state index contributed by atoms with van der Waals surface area (Å²) in [5.74, 6) is 3.71.